The fourth-order valence-electron chi connectivity index (χ4n) is 1.72. The van der Waals surface area contributed by atoms with Crippen molar-refractivity contribution in [3.05, 3.63) is 34.9 Å². The Labute approximate surface area is 104 Å². The number of nitrogens with one attached hydrogen (secondary N) is 1. The predicted octanol–water partition coefficient (Wildman–Crippen LogP) is 4.40. The van der Waals surface area contributed by atoms with Gasteiger partial charge in [0.05, 0.1) is 0 Å². The van der Waals surface area contributed by atoms with Gasteiger partial charge in [-0.05, 0) is 24.6 Å². The second kappa shape index (κ2) is 8.60. The van der Waals surface area contributed by atoms with Crippen molar-refractivity contribution < 1.29 is 0 Å². The molecule has 1 aromatic rings. The molecule has 16 heavy (non-hydrogen) atoms. The molecule has 2 heteroatoms. The summed E-state index contributed by atoms with van der Waals surface area (Å²) in [4.78, 5) is 0. The van der Waals surface area contributed by atoms with Crippen LogP contribution < -0.4 is 5.32 Å². The van der Waals surface area contributed by atoms with Gasteiger partial charge in [-0.2, -0.15) is 0 Å². The molecule has 1 nitrogen and oxygen atoms in total. The van der Waals surface area contributed by atoms with E-state index in [0.29, 0.717) is 0 Å². The molecule has 0 aromatic heterocycles. The average Bonchev–Trinajstić information content (AvgIpc) is 2.30. The van der Waals surface area contributed by atoms with Crippen LogP contribution in [0.1, 0.15) is 44.6 Å². The van der Waals surface area contributed by atoms with Crippen molar-refractivity contribution in [2.24, 2.45) is 0 Å². The van der Waals surface area contributed by atoms with Gasteiger partial charge in [-0.1, -0.05) is 62.4 Å². The van der Waals surface area contributed by atoms with Crippen LogP contribution in [0.3, 0.4) is 0 Å². The first kappa shape index (κ1) is 13.5. The van der Waals surface area contributed by atoms with Crippen LogP contribution in [0.25, 0.3) is 0 Å². The van der Waals surface area contributed by atoms with Crippen molar-refractivity contribution in [3.63, 3.8) is 0 Å². The number of hydrogen-bond donors (Lipinski definition) is 1. The van der Waals surface area contributed by atoms with Crippen LogP contribution in [0.2, 0.25) is 5.02 Å². The van der Waals surface area contributed by atoms with Gasteiger partial charge in [0.15, 0.2) is 0 Å². The van der Waals surface area contributed by atoms with Gasteiger partial charge in [-0.3, -0.25) is 0 Å². The highest BCUT2D eigenvalue weighted by molar-refractivity contribution is 6.31. The van der Waals surface area contributed by atoms with Crippen molar-refractivity contribution in [2.75, 3.05) is 6.54 Å². The molecule has 0 atom stereocenters. The third-order valence-electron chi connectivity index (χ3n) is 2.73. The highest BCUT2D eigenvalue weighted by Gasteiger charge is 1.97. The lowest BCUT2D eigenvalue weighted by Gasteiger charge is -2.06. The van der Waals surface area contributed by atoms with E-state index in [2.05, 4.69) is 18.3 Å². The van der Waals surface area contributed by atoms with Crippen molar-refractivity contribution in [1.29, 1.82) is 0 Å². The van der Waals surface area contributed by atoms with E-state index in [1.54, 1.807) is 0 Å². The largest absolute Gasteiger partial charge is 0.313 e. The Bertz CT molecular complexity index is 286. The van der Waals surface area contributed by atoms with E-state index in [1.165, 1.54) is 37.7 Å². The molecule has 0 spiro atoms. The van der Waals surface area contributed by atoms with Crippen LogP contribution in [-0.4, -0.2) is 6.54 Å². The lowest BCUT2D eigenvalue weighted by atomic mass is 10.1. The number of halogens is 1. The van der Waals surface area contributed by atoms with Crippen LogP contribution >= 0.6 is 11.6 Å². The normalized spacial score (nSPS) is 10.6. The summed E-state index contributed by atoms with van der Waals surface area (Å²) in [6.07, 6.45) is 6.65. The summed E-state index contributed by atoms with van der Waals surface area (Å²) in [5, 5.41) is 4.30. The Morgan fingerprint density at radius 2 is 1.81 bits per heavy atom. The van der Waals surface area contributed by atoms with E-state index in [0.717, 1.165) is 18.1 Å². The lowest BCUT2D eigenvalue weighted by molar-refractivity contribution is 0.583. The van der Waals surface area contributed by atoms with E-state index in [1.807, 2.05) is 18.2 Å². The van der Waals surface area contributed by atoms with Gasteiger partial charge in [0.2, 0.25) is 0 Å². The number of benzene rings is 1. The first-order valence-electron chi connectivity index (χ1n) is 6.28. The number of rotatable bonds is 8. The molecule has 0 aliphatic heterocycles. The maximum atomic E-state index is 6.07. The van der Waals surface area contributed by atoms with Gasteiger partial charge in [-0.15, -0.1) is 0 Å². The Kier molecular flexibility index (Phi) is 7.28. The van der Waals surface area contributed by atoms with E-state index < -0.39 is 0 Å². The van der Waals surface area contributed by atoms with Gasteiger partial charge in [-0.25, -0.2) is 0 Å². The zero-order chi connectivity index (χ0) is 11.6. The second-order valence-corrected chi connectivity index (χ2v) is 4.59. The van der Waals surface area contributed by atoms with Crippen molar-refractivity contribution >= 4 is 11.6 Å². The zero-order valence-corrected chi connectivity index (χ0v) is 10.9. The summed E-state index contributed by atoms with van der Waals surface area (Å²) in [5.74, 6) is 0. The van der Waals surface area contributed by atoms with Crippen LogP contribution in [0.15, 0.2) is 24.3 Å². The summed E-state index contributed by atoms with van der Waals surface area (Å²) in [6, 6.07) is 8.02. The first-order valence-corrected chi connectivity index (χ1v) is 6.66. The molecular weight excluding hydrogens is 218 g/mol. The number of hydrogen-bond acceptors (Lipinski definition) is 1. The molecule has 0 bridgehead atoms. The molecular formula is C14H22ClN. The third-order valence-corrected chi connectivity index (χ3v) is 3.10. The van der Waals surface area contributed by atoms with Crippen LogP contribution in [0.4, 0.5) is 0 Å². The average molecular weight is 240 g/mol. The first-order chi connectivity index (χ1) is 7.84. The topological polar surface area (TPSA) is 12.0 Å². The molecule has 0 radical (unpaired) electrons. The summed E-state index contributed by atoms with van der Waals surface area (Å²) in [6.45, 7) is 4.22. The van der Waals surface area contributed by atoms with Crippen molar-refractivity contribution in [1.82, 2.24) is 5.32 Å². The van der Waals surface area contributed by atoms with Gasteiger partial charge >= 0.3 is 0 Å². The fourth-order valence-corrected chi connectivity index (χ4v) is 1.92. The molecule has 0 unspecified atom stereocenters. The molecule has 1 aromatic carbocycles. The van der Waals surface area contributed by atoms with Gasteiger partial charge in [0.1, 0.15) is 0 Å². The fraction of sp³-hybridized carbons (Fsp3) is 0.571. The molecule has 0 saturated heterocycles. The van der Waals surface area contributed by atoms with E-state index >= 15 is 0 Å². The van der Waals surface area contributed by atoms with Gasteiger partial charge in [0.25, 0.3) is 0 Å². The number of unbranched alkanes of at least 4 members (excludes halogenated alkanes) is 4. The van der Waals surface area contributed by atoms with Crippen LogP contribution in [-0.2, 0) is 6.54 Å². The van der Waals surface area contributed by atoms with Gasteiger partial charge in [0, 0.05) is 11.6 Å². The Morgan fingerprint density at radius 1 is 1.06 bits per heavy atom. The molecule has 0 aliphatic carbocycles. The van der Waals surface area contributed by atoms with Crippen molar-refractivity contribution in [2.45, 2.75) is 45.6 Å². The minimum Gasteiger partial charge on any atom is -0.313 e. The van der Waals surface area contributed by atoms with E-state index in [-0.39, 0.29) is 0 Å². The molecule has 0 fully saturated rings. The molecule has 1 N–H and O–H groups in total. The Morgan fingerprint density at radius 3 is 2.56 bits per heavy atom. The molecule has 0 aliphatic rings. The summed E-state index contributed by atoms with van der Waals surface area (Å²) >= 11 is 6.07. The minimum atomic E-state index is 0.862. The van der Waals surface area contributed by atoms with E-state index in [4.69, 9.17) is 11.6 Å². The lowest BCUT2D eigenvalue weighted by Crippen LogP contribution is -2.14. The predicted molar refractivity (Wildman–Crippen MR) is 71.9 cm³/mol. The third kappa shape index (κ3) is 5.53. The summed E-state index contributed by atoms with van der Waals surface area (Å²) < 4.78 is 0. The molecule has 0 saturated carbocycles. The maximum absolute atomic E-state index is 6.07. The summed E-state index contributed by atoms with van der Waals surface area (Å²) in [5.41, 5.74) is 1.19. The van der Waals surface area contributed by atoms with E-state index in [9.17, 15) is 0 Å². The second-order valence-electron chi connectivity index (χ2n) is 4.18. The SMILES string of the molecule is CCCCCCCNCc1ccccc1Cl. The molecule has 1 rings (SSSR count). The quantitative estimate of drug-likeness (QED) is 0.663. The highest BCUT2D eigenvalue weighted by Crippen LogP contribution is 2.14. The molecule has 0 amide bonds. The molecule has 90 valence electrons. The van der Waals surface area contributed by atoms with Gasteiger partial charge < -0.3 is 5.32 Å². The standard InChI is InChI=1S/C14H22ClN/c1-2-3-4-5-8-11-16-12-13-9-6-7-10-14(13)15/h6-7,9-10,16H,2-5,8,11-12H2,1H3. The maximum Gasteiger partial charge on any atom is 0.0450 e. The molecule has 0 heterocycles. The highest BCUT2D eigenvalue weighted by atomic mass is 35.5. The van der Waals surface area contributed by atoms with Crippen LogP contribution in [0, 0.1) is 0 Å². The smallest absolute Gasteiger partial charge is 0.0450 e. The van der Waals surface area contributed by atoms with Crippen LogP contribution in [0.5, 0.6) is 0 Å². The Hall–Kier alpha value is -0.530. The summed E-state index contributed by atoms with van der Waals surface area (Å²) in [7, 11) is 0. The Balaban J connectivity index is 2.05. The zero-order valence-electron chi connectivity index (χ0n) is 10.1. The monoisotopic (exact) mass is 239 g/mol. The minimum absolute atomic E-state index is 0.862. The van der Waals surface area contributed by atoms with Crippen molar-refractivity contribution in [3.8, 4) is 0 Å².